The van der Waals surface area contributed by atoms with Gasteiger partial charge in [0.15, 0.2) is 6.61 Å². The Labute approximate surface area is 173 Å². The highest BCUT2D eigenvalue weighted by atomic mass is 16.5. The highest BCUT2D eigenvalue weighted by molar-refractivity contribution is 6.08. The van der Waals surface area contributed by atoms with Crippen LogP contribution in [0.5, 0.6) is 0 Å². The number of ether oxygens (including phenoxy) is 1. The quantitative estimate of drug-likeness (QED) is 0.536. The molecule has 4 amide bonds. The van der Waals surface area contributed by atoms with E-state index in [0.29, 0.717) is 12.8 Å². The van der Waals surface area contributed by atoms with Gasteiger partial charge in [0.25, 0.3) is 11.8 Å². The molecule has 2 atom stereocenters. The number of esters is 1. The van der Waals surface area contributed by atoms with Crippen LogP contribution in [0.4, 0.5) is 4.79 Å². The van der Waals surface area contributed by atoms with Crippen molar-refractivity contribution >= 4 is 23.8 Å². The Morgan fingerprint density at radius 3 is 2.28 bits per heavy atom. The molecule has 2 fully saturated rings. The molecule has 0 aromatic carbocycles. The van der Waals surface area contributed by atoms with Gasteiger partial charge in [0.1, 0.15) is 12.1 Å². The predicted octanol–water partition coefficient (Wildman–Crippen LogP) is 2.31. The molecule has 8 nitrogen and oxygen atoms in total. The molecule has 1 aliphatic heterocycles. The maximum absolute atomic E-state index is 13.0. The standard InChI is InChI=1S/C21H35N3O5/c1-13(2)24(14(3)4)16(25)11-29-17(26)10-23-18(27)21(22-19(23)28)9-15(5)8-20(6,7)12-21/h13-15H,8-12H2,1-7H3,(H,22,28). The molecule has 1 heterocycles. The average molecular weight is 410 g/mol. The maximum Gasteiger partial charge on any atom is 0.326 e. The van der Waals surface area contributed by atoms with E-state index in [1.807, 2.05) is 27.7 Å². The van der Waals surface area contributed by atoms with Crippen molar-refractivity contribution in [2.45, 2.75) is 85.4 Å². The molecule has 2 rings (SSSR count). The Bertz CT molecular complexity index is 680. The van der Waals surface area contributed by atoms with Gasteiger partial charge in [0.05, 0.1) is 0 Å². The molecule has 0 aromatic heterocycles. The molecule has 0 bridgehead atoms. The van der Waals surface area contributed by atoms with Crippen LogP contribution in [0.25, 0.3) is 0 Å². The third-order valence-corrected chi connectivity index (χ3v) is 5.67. The number of carbonyl (C=O) groups excluding carboxylic acids is 4. The molecule has 1 saturated carbocycles. The van der Waals surface area contributed by atoms with Gasteiger partial charge in [0.2, 0.25) is 0 Å². The highest BCUT2D eigenvalue weighted by Gasteiger charge is 2.56. The molecule has 2 aliphatic rings. The first-order valence-corrected chi connectivity index (χ1v) is 10.4. The first-order valence-electron chi connectivity index (χ1n) is 10.4. The van der Waals surface area contributed by atoms with Gasteiger partial charge in [0, 0.05) is 12.1 Å². The Morgan fingerprint density at radius 2 is 1.76 bits per heavy atom. The fourth-order valence-corrected chi connectivity index (χ4v) is 5.21. The third-order valence-electron chi connectivity index (χ3n) is 5.67. The van der Waals surface area contributed by atoms with Gasteiger partial charge in [-0.25, -0.2) is 4.79 Å². The second kappa shape index (κ2) is 8.32. The molecular formula is C21H35N3O5. The normalized spacial score (nSPS) is 26.2. The summed E-state index contributed by atoms with van der Waals surface area (Å²) in [6.07, 6.45) is 2.07. The molecule has 0 radical (unpaired) electrons. The van der Waals surface area contributed by atoms with Gasteiger partial charge in [-0.2, -0.15) is 0 Å². The zero-order valence-corrected chi connectivity index (χ0v) is 18.7. The highest BCUT2D eigenvalue weighted by Crippen LogP contribution is 2.46. The van der Waals surface area contributed by atoms with Crippen LogP contribution in [0, 0.1) is 11.3 Å². The zero-order chi connectivity index (χ0) is 22.1. The monoisotopic (exact) mass is 409 g/mol. The van der Waals surface area contributed by atoms with Crippen LogP contribution in [-0.4, -0.2) is 64.4 Å². The molecule has 1 saturated heterocycles. The van der Waals surface area contributed by atoms with E-state index in [9.17, 15) is 19.2 Å². The molecule has 2 unspecified atom stereocenters. The molecule has 1 aliphatic carbocycles. The van der Waals surface area contributed by atoms with E-state index >= 15 is 0 Å². The number of imide groups is 1. The number of nitrogens with zero attached hydrogens (tertiary/aromatic N) is 2. The van der Waals surface area contributed by atoms with Crippen LogP contribution in [-0.2, 0) is 19.1 Å². The molecule has 1 spiro atoms. The van der Waals surface area contributed by atoms with Crippen molar-refractivity contribution in [3.8, 4) is 0 Å². The number of carbonyl (C=O) groups is 4. The van der Waals surface area contributed by atoms with Crippen LogP contribution >= 0.6 is 0 Å². The van der Waals surface area contributed by atoms with E-state index in [1.165, 1.54) is 0 Å². The summed E-state index contributed by atoms with van der Waals surface area (Å²) in [5, 5.41) is 2.83. The number of urea groups is 1. The molecule has 8 heteroatoms. The molecule has 164 valence electrons. The van der Waals surface area contributed by atoms with E-state index in [0.717, 1.165) is 11.3 Å². The van der Waals surface area contributed by atoms with Gasteiger partial charge in [-0.05, 0) is 58.3 Å². The van der Waals surface area contributed by atoms with Gasteiger partial charge in [-0.1, -0.05) is 20.8 Å². The lowest BCUT2D eigenvalue weighted by molar-refractivity contribution is -0.155. The van der Waals surface area contributed by atoms with Gasteiger partial charge in [-0.15, -0.1) is 0 Å². The Balaban J connectivity index is 2.00. The van der Waals surface area contributed by atoms with Crippen molar-refractivity contribution in [1.82, 2.24) is 15.1 Å². The summed E-state index contributed by atoms with van der Waals surface area (Å²) >= 11 is 0. The molecule has 0 aromatic rings. The topological polar surface area (TPSA) is 96.0 Å². The van der Waals surface area contributed by atoms with E-state index < -0.39 is 30.7 Å². The van der Waals surface area contributed by atoms with Crippen molar-refractivity contribution in [1.29, 1.82) is 0 Å². The number of hydrogen-bond donors (Lipinski definition) is 1. The summed E-state index contributed by atoms with van der Waals surface area (Å²) in [7, 11) is 0. The number of nitrogens with one attached hydrogen (secondary N) is 1. The minimum absolute atomic E-state index is 0.0244. The van der Waals surface area contributed by atoms with Crippen molar-refractivity contribution in [2.24, 2.45) is 11.3 Å². The van der Waals surface area contributed by atoms with E-state index in [2.05, 4.69) is 26.1 Å². The van der Waals surface area contributed by atoms with E-state index in [1.54, 1.807) is 4.90 Å². The molecule has 29 heavy (non-hydrogen) atoms. The summed E-state index contributed by atoms with van der Waals surface area (Å²) in [6, 6.07) is -0.624. The first kappa shape index (κ1) is 23.2. The number of rotatable bonds is 6. The van der Waals surface area contributed by atoms with Crippen molar-refractivity contribution in [3.05, 3.63) is 0 Å². The van der Waals surface area contributed by atoms with Crippen LogP contribution in [0.3, 0.4) is 0 Å². The zero-order valence-electron chi connectivity index (χ0n) is 18.7. The van der Waals surface area contributed by atoms with Crippen LogP contribution in [0.1, 0.15) is 67.7 Å². The van der Waals surface area contributed by atoms with Crippen LogP contribution in [0.2, 0.25) is 0 Å². The maximum atomic E-state index is 13.0. The summed E-state index contributed by atoms with van der Waals surface area (Å²) in [5.74, 6) is -1.17. The van der Waals surface area contributed by atoms with E-state index in [-0.39, 0.29) is 35.2 Å². The molecular weight excluding hydrogens is 374 g/mol. The predicted molar refractivity (Wildman–Crippen MR) is 108 cm³/mol. The first-order chi connectivity index (χ1) is 13.3. The smallest absolute Gasteiger partial charge is 0.326 e. The SMILES string of the molecule is CC1CC(C)(C)CC2(C1)NC(=O)N(CC(=O)OCC(=O)N(C(C)C)C(C)C)C2=O. The van der Waals surface area contributed by atoms with Crippen molar-refractivity contribution < 1.29 is 23.9 Å². The summed E-state index contributed by atoms with van der Waals surface area (Å²) in [6.45, 7) is 12.9. The molecule has 1 N–H and O–H groups in total. The van der Waals surface area contributed by atoms with Gasteiger partial charge in [-0.3, -0.25) is 19.3 Å². The minimum Gasteiger partial charge on any atom is -0.454 e. The Hall–Kier alpha value is -2.12. The Morgan fingerprint density at radius 1 is 1.17 bits per heavy atom. The summed E-state index contributed by atoms with van der Waals surface area (Å²) in [5.41, 5.74) is -1.04. The summed E-state index contributed by atoms with van der Waals surface area (Å²) < 4.78 is 5.08. The lowest BCUT2D eigenvalue weighted by Gasteiger charge is -2.43. The minimum atomic E-state index is -0.958. The van der Waals surface area contributed by atoms with Crippen LogP contribution in [0.15, 0.2) is 0 Å². The Kier molecular flexibility index (Phi) is 6.65. The summed E-state index contributed by atoms with van der Waals surface area (Å²) in [4.78, 5) is 52.6. The number of hydrogen-bond acceptors (Lipinski definition) is 5. The largest absolute Gasteiger partial charge is 0.454 e. The number of amides is 4. The average Bonchev–Trinajstić information content (AvgIpc) is 2.73. The third kappa shape index (κ3) is 5.08. The van der Waals surface area contributed by atoms with Gasteiger partial charge < -0.3 is 15.0 Å². The fourth-order valence-electron chi connectivity index (χ4n) is 5.21. The fraction of sp³-hybridized carbons (Fsp3) is 0.810. The lowest BCUT2D eigenvalue weighted by atomic mass is 9.64. The lowest BCUT2D eigenvalue weighted by Crippen LogP contribution is -2.54. The second-order valence-electron chi connectivity index (χ2n) is 9.91. The van der Waals surface area contributed by atoms with Gasteiger partial charge >= 0.3 is 12.0 Å². The second-order valence-corrected chi connectivity index (χ2v) is 9.91. The van der Waals surface area contributed by atoms with Crippen LogP contribution < -0.4 is 5.32 Å². The van der Waals surface area contributed by atoms with E-state index in [4.69, 9.17) is 4.74 Å². The van der Waals surface area contributed by atoms with Crippen molar-refractivity contribution in [3.63, 3.8) is 0 Å². The van der Waals surface area contributed by atoms with Crippen molar-refractivity contribution in [2.75, 3.05) is 13.2 Å².